The summed E-state index contributed by atoms with van der Waals surface area (Å²) in [4.78, 5) is 0. The maximum absolute atomic E-state index is 13.3. The highest BCUT2D eigenvalue weighted by Crippen LogP contribution is 2.26. The Bertz CT molecular complexity index is 996. The summed E-state index contributed by atoms with van der Waals surface area (Å²) in [5, 5.41) is 13.3. The molecule has 0 atom stereocenters. The van der Waals surface area contributed by atoms with E-state index >= 15 is 0 Å². The molecule has 0 aliphatic heterocycles. The number of pyridine rings is 1. The predicted molar refractivity (Wildman–Crippen MR) is 106 cm³/mol. The molecule has 26 heavy (non-hydrogen) atoms. The molecule has 0 aliphatic carbocycles. The van der Waals surface area contributed by atoms with Gasteiger partial charge in [-0.25, -0.2) is 0 Å². The van der Waals surface area contributed by atoms with Crippen LogP contribution >= 0.6 is 0 Å². The minimum Gasteiger partial charge on any atom is -0.618 e. The SMILES string of the molecule is [O-][n+]1c(-c2ccccc2)ccc(Cc2ccccc2)c1-c1ccccc1. The molecule has 0 N–H and O–H groups in total. The Morgan fingerprint density at radius 3 is 1.73 bits per heavy atom. The molecule has 0 aliphatic rings. The van der Waals surface area contributed by atoms with Crippen molar-refractivity contribution in [2.75, 3.05) is 0 Å². The average Bonchev–Trinajstić information content (AvgIpc) is 2.70. The Labute approximate surface area is 153 Å². The number of aromatic nitrogens is 1. The Balaban J connectivity index is 1.88. The number of nitrogens with zero attached hydrogens (tertiary/aromatic N) is 1. The van der Waals surface area contributed by atoms with Gasteiger partial charge in [-0.3, -0.25) is 0 Å². The van der Waals surface area contributed by atoms with Gasteiger partial charge in [0, 0.05) is 29.2 Å². The molecule has 0 radical (unpaired) electrons. The molecule has 0 unspecified atom stereocenters. The van der Waals surface area contributed by atoms with E-state index in [0.717, 1.165) is 33.5 Å². The van der Waals surface area contributed by atoms with E-state index in [0.29, 0.717) is 5.69 Å². The van der Waals surface area contributed by atoms with Crippen LogP contribution in [0.3, 0.4) is 0 Å². The van der Waals surface area contributed by atoms with Gasteiger partial charge >= 0.3 is 0 Å². The van der Waals surface area contributed by atoms with Gasteiger partial charge in [0.25, 0.3) is 0 Å². The first-order chi connectivity index (χ1) is 12.8. The summed E-state index contributed by atoms with van der Waals surface area (Å²) in [6, 6.07) is 33.9. The van der Waals surface area contributed by atoms with Crippen molar-refractivity contribution in [3.8, 4) is 22.5 Å². The summed E-state index contributed by atoms with van der Waals surface area (Å²) < 4.78 is 1.07. The maximum Gasteiger partial charge on any atom is 0.227 e. The molecule has 3 aromatic carbocycles. The standard InChI is InChI=1S/C24H19NO/c26-25-23(20-12-6-2-7-13-20)17-16-22(18-19-10-4-1-5-11-19)24(25)21-14-8-3-9-15-21/h1-17H,18H2. The predicted octanol–water partition coefficient (Wildman–Crippen LogP) is 5.24. The van der Waals surface area contributed by atoms with Crippen molar-refractivity contribution in [2.45, 2.75) is 6.42 Å². The molecule has 0 spiro atoms. The van der Waals surface area contributed by atoms with Crippen LogP contribution in [0.1, 0.15) is 11.1 Å². The molecule has 1 aromatic heterocycles. The molecule has 4 rings (SSSR count). The van der Waals surface area contributed by atoms with Gasteiger partial charge < -0.3 is 5.21 Å². The first-order valence-electron chi connectivity index (χ1n) is 8.73. The van der Waals surface area contributed by atoms with Crippen molar-refractivity contribution in [3.63, 3.8) is 0 Å². The Kier molecular flexibility index (Phi) is 4.48. The van der Waals surface area contributed by atoms with E-state index in [4.69, 9.17) is 0 Å². The van der Waals surface area contributed by atoms with Crippen LogP contribution < -0.4 is 4.73 Å². The van der Waals surface area contributed by atoms with Crippen LogP contribution in [0.5, 0.6) is 0 Å². The fourth-order valence-corrected chi connectivity index (χ4v) is 3.26. The highest BCUT2D eigenvalue weighted by Gasteiger charge is 2.20. The topological polar surface area (TPSA) is 26.9 Å². The zero-order valence-corrected chi connectivity index (χ0v) is 14.4. The molecule has 0 saturated carbocycles. The number of rotatable bonds is 4. The third-order valence-electron chi connectivity index (χ3n) is 4.52. The average molecular weight is 337 g/mol. The first kappa shape index (κ1) is 16.1. The number of hydrogen-bond acceptors (Lipinski definition) is 1. The van der Waals surface area contributed by atoms with Crippen LogP contribution in [-0.2, 0) is 6.42 Å². The van der Waals surface area contributed by atoms with E-state index in [1.807, 2.05) is 84.9 Å². The molecule has 4 aromatic rings. The molecule has 0 bridgehead atoms. The van der Waals surface area contributed by atoms with Gasteiger partial charge in [-0.1, -0.05) is 66.7 Å². The lowest BCUT2D eigenvalue weighted by atomic mass is 9.98. The quantitative estimate of drug-likeness (QED) is 0.369. The van der Waals surface area contributed by atoms with E-state index in [9.17, 15) is 5.21 Å². The largest absolute Gasteiger partial charge is 0.618 e. The molecular weight excluding hydrogens is 318 g/mol. The van der Waals surface area contributed by atoms with Crippen LogP contribution in [-0.4, -0.2) is 0 Å². The fourth-order valence-electron chi connectivity index (χ4n) is 3.26. The smallest absolute Gasteiger partial charge is 0.227 e. The minimum absolute atomic E-state index is 0.668. The second-order valence-corrected chi connectivity index (χ2v) is 6.28. The first-order valence-corrected chi connectivity index (χ1v) is 8.73. The number of hydrogen-bond donors (Lipinski definition) is 0. The zero-order chi connectivity index (χ0) is 17.8. The molecule has 0 amide bonds. The molecule has 1 heterocycles. The lowest BCUT2D eigenvalue weighted by molar-refractivity contribution is -0.582. The van der Waals surface area contributed by atoms with Crippen molar-refractivity contribution in [3.05, 3.63) is 119 Å². The molecule has 2 heteroatoms. The zero-order valence-electron chi connectivity index (χ0n) is 14.4. The summed E-state index contributed by atoms with van der Waals surface area (Å²) >= 11 is 0. The Morgan fingerprint density at radius 1 is 0.577 bits per heavy atom. The second-order valence-electron chi connectivity index (χ2n) is 6.28. The van der Waals surface area contributed by atoms with E-state index in [1.165, 1.54) is 5.56 Å². The van der Waals surface area contributed by atoms with Crippen LogP contribution in [0.15, 0.2) is 103 Å². The van der Waals surface area contributed by atoms with Crippen molar-refractivity contribution in [1.29, 1.82) is 0 Å². The lowest BCUT2D eigenvalue weighted by Gasteiger charge is -2.14. The monoisotopic (exact) mass is 337 g/mol. The van der Waals surface area contributed by atoms with E-state index in [-0.39, 0.29) is 0 Å². The van der Waals surface area contributed by atoms with Gasteiger partial charge in [0.2, 0.25) is 11.4 Å². The van der Waals surface area contributed by atoms with Gasteiger partial charge in [-0.2, -0.15) is 4.73 Å². The highest BCUT2D eigenvalue weighted by molar-refractivity contribution is 5.65. The Hall–Kier alpha value is -3.39. The Morgan fingerprint density at radius 2 is 1.12 bits per heavy atom. The van der Waals surface area contributed by atoms with Crippen molar-refractivity contribution in [1.82, 2.24) is 0 Å². The van der Waals surface area contributed by atoms with E-state index in [2.05, 4.69) is 18.2 Å². The molecule has 0 saturated heterocycles. The van der Waals surface area contributed by atoms with Crippen molar-refractivity contribution >= 4 is 0 Å². The van der Waals surface area contributed by atoms with Gasteiger partial charge in [-0.15, -0.1) is 0 Å². The van der Waals surface area contributed by atoms with Gasteiger partial charge in [0.05, 0.1) is 0 Å². The summed E-state index contributed by atoms with van der Waals surface area (Å²) in [5.41, 5.74) is 5.46. The van der Waals surface area contributed by atoms with Crippen molar-refractivity contribution in [2.24, 2.45) is 0 Å². The minimum atomic E-state index is 0.668. The van der Waals surface area contributed by atoms with Gasteiger partial charge in [-0.05, 0) is 35.9 Å². The maximum atomic E-state index is 13.3. The summed E-state index contributed by atoms with van der Waals surface area (Å²) in [6.07, 6.45) is 0.725. The number of benzene rings is 3. The highest BCUT2D eigenvalue weighted by atomic mass is 16.5. The molecule has 126 valence electrons. The second kappa shape index (κ2) is 7.24. The van der Waals surface area contributed by atoms with Crippen LogP contribution in [0.4, 0.5) is 0 Å². The van der Waals surface area contributed by atoms with E-state index in [1.54, 1.807) is 0 Å². The fraction of sp³-hybridized carbons (Fsp3) is 0.0417. The summed E-state index contributed by atoms with van der Waals surface area (Å²) in [5.74, 6) is 0. The summed E-state index contributed by atoms with van der Waals surface area (Å²) in [7, 11) is 0. The third kappa shape index (κ3) is 3.22. The lowest BCUT2D eigenvalue weighted by Crippen LogP contribution is -2.33. The van der Waals surface area contributed by atoms with Crippen LogP contribution in [0.2, 0.25) is 0 Å². The van der Waals surface area contributed by atoms with Crippen LogP contribution in [0, 0.1) is 5.21 Å². The van der Waals surface area contributed by atoms with Crippen molar-refractivity contribution < 1.29 is 4.73 Å². The molecule has 2 nitrogen and oxygen atoms in total. The molecular formula is C24H19NO. The normalized spacial score (nSPS) is 10.6. The van der Waals surface area contributed by atoms with Gasteiger partial charge in [0.15, 0.2) is 0 Å². The summed E-state index contributed by atoms with van der Waals surface area (Å²) in [6.45, 7) is 0. The van der Waals surface area contributed by atoms with E-state index < -0.39 is 0 Å². The molecule has 0 fully saturated rings. The van der Waals surface area contributed by atoms with Crippen LogP contribution in [0.25, 0.3) is 22.5 Å². The third-order valence-corrected chi connectivity index (χ3v) is 4.52. The van der Waals surface area contributed by atoms with Gasteiger partial charge in [0.1, 0.15) is 0 Å².